The second-order valence-corrected chi connectivity index (χ2v) is 7.81. The van der Waals surface area contributed by atoms with Gasteiger partial charge in [0.2, 0.25) is 0 Å². The van der Waals surface area contributed by atoms with E-state index < -0.39 is 0 Å². The molecule has 0 saturated carbocycles. The summed E-state index contributed by atoms with van der Waals surface area (Å²) in [4.78, 5) is 2.54. The van der Waals surface area contributed by atoms with Crippen LogP contribution >= 0.6 is 15.9 Å². The van der Waals surface area contributed by atoms with Gasteiger partial charge < -0.3 is 9.32 Å². The number of rotatable bonds is 4. The van der Waals surface area contributed by atoms with Crippen molar-refractivity contribution >= 4 is 26.9 Å². The SMILES string of the molecule is CC1CCCN1CCc1oc2ccc(-c3ccc(C#N)cc3)cc2c1Br. The van der Waals surface area contributed by atoms with Crippen molar-refractivity contribution in [2.75, 3.05) is 13.1 Å². The van der Waals surface area contributed by atoms with Gasteiger partial charge in [0.1, 0.15) is 11.3 Å². The van der Waals surface area contributed by atoms with Crippen molar-refractivity contribution < 1.29 is 4.42 Å². The third kappa shape index (κ3) is 3.30. The van der Waals surface area contributed by atoms with Crippen molar-refractivity contribution in [2.24, 2.45) is 0 Å². The number of likely N-dealkylation sites (tertiary alicyclic amines) is 1. The molecule has 1 saturated heterocycles. The molecule has 0 bridgehead atoms. The van der Waals surface area contributed by atoms with Crippen LogP contribution < -0.4 is 0 Å². The van der Waals surface area contributed by atoms with E-state index >= 15 is 0 Å². The molecule has 1 aliphatic heterocycles. The number of benzene rings is 2. The summed E-state index contributed by atoms with van der Waals surface area (Å²) in [6, 6.07) is 16.8. The monoisotopic (exact) mass is 408 g/mol. The first kappa shape index (κ1) is 17.3. The highest BCUT2D eigenvalue weighted by atomic mass is 79.9. The summed E-state index contributed by atoms with van der Waals surface area (Å²) >= 11 is 3.75. The molecule has 4 heteroatoms. The van der Waals surface area contributed by atoms with E-state index in [2.05, 4.69) is 46.0 Å². The van der Waals surface area contributed by atoms with Crippen molar-refractivity contribution in [3.63, 3.8) is 0 Å². The van der Waals surface area contributed by atoms with E-state index in [-0.39, 0.29) is 0 Å². The second kappa shape index (κ2) is 7.26. The maximum absolute atomic E-state index is 8.95. The minimum atomic E-state index is 0.678. The molecule has 26 heavy (non-hydrogen) atoms. The highest BCUT2D eigenvalue weighted by Gasteiger charge is 2.21. The van der Waals surface area contributed by atoms with Crippen molar-refractivity contribution in [3.8, 4) is 17.2 Å². The molecule has 1 aliphatic rings. The molecule has 1 unspecified atom stereocenters. The van der Waals surface area contributed by atoms with Crippen molar-refractivity contribution in [3.05, 3.63) is 58.3 Å². The van der Waals surface area contributed by atoms with Gasteiger partial charge >= 0.3 is 0 Å². The third-order valence-electron chi connectivity index (χ3n) is 5.36. The molecular formula is C22H21BrN2O. The summed E-state index contributed by atoms with van der Waals surface area (Å²) in [6.07, 6.45) is 3.53. The Morgan fingerprint density at radius 1 is 1.19 bits per heavy atom. The zero-order valence-corrected chi connectivity index (χ0v) is 16.4. The Morgan fingerprint density at radius 2 is 1.96 bits per heavy atom. The van der Waals surface area contributed by atoms with Gasteiger partial charge in [-0.3, -0.25) is 0 Å². The van der Waals surface area contributed by atoms with E-state index in [1.165, 1.54) is 19.4 Å². The lowest BCUT2D eigenvalue weighted by molar-refractivity contribution is 0.266. The summed E-state index contributed by atoms with van der Waals surface area (Å²) in [6.45, 7) is 4.55. The largest absolute Gasteiger partial charge is 0.460 e. The van der Waals surface area contributed by atoms with Crippen molar-refractivity contribution in [1.29, 1.82) is 5.26 Å². The lowest BCUT2D eigenvalue weighted by atomic mass is 10.0. The first-order chi connectivity index (χ1) is 12.7. The predicted molar refractivity (Wildman–Crippen MR) is 108 cm³/mol. The first-order valence-corrected chi connectivity index (χ1v) is 9.90. The first-order valence-electron chi connectivity index (χ1n) is 9.11. The number of furan rings is 1. The van der Waals surface area contributed by atoms with Gasteiger partial charge in [-0.15, -0.1) is 0 Å². The average Bonchev–Trinajstić information content (AvgIpc) is 3.23. The minimum absolute atomic E-state index is 0.678. The number of hydrogen-bond acceptors (Lipinski definition) is 3. The topological polar surface area (TPSA) is 40.2 Å². The highest BCUT2D eigenvalue weighted by molar-refractivity contribution is 9.10. The van der Waals surface area contributed by atoms with Crippen LogP contribution in [0.1, 0.15) is 31.1 Å². The van der Waals surface area contributed by atoms with Crippen LogP contribution in [-0.4, -0.2) is 24.0 Å². The number of fused-ring (bicyclic) bond motifs is 1. The average molecular weight is 409 g/mol. The lowest BCUT2D eigenvalue weighted by Gasteiger charge is -2.20. The molecule has 1 aromatic heterocycles. The fourth-order valence-corrected chi connectivity index (χ4v) is 4.35. The zero-order valence-electron chi connectivity index (χ0n) is 14.8. The number of halogens is 1. The number of nitrogens with zero attached hydrogens (tertiary/aromatic N) is 2. The van der Waals surface area contributed by atoms with E-state index in [4.69, 9.17) is 9.68 Å². The summed E-state index contributed by atoms with van der Waals surface area (Å²) in [5, 5.41) is 10.1. The molecule has 0 spiro atoms. The molecular weight excluding hydrogens is 388 g/mol. The Bertz CT molecular complexity index is 968. The summed E-state index contributed by atoms with van der Waals surface area (Å²) < 4.78 is 7.17. The van der Waals surface area contributed by atoms with Gasteiger partial charge in [0, 0.05) is 24.4 Å². The van der Waals surface area contributed by atoms with Crippen LogP contribution in [-0.2, 0) is 6.42 Å². The zero-order chi connectivity index (χ0) is 18.1. The lowest BCUT2D eigenvalue weighted by Crippen LogP contribution is -2.28. The fourth-order valence-electron chi connectivity index (χ4n) is 3.77. The van der Waals surface area contributed by atoms with Gasteiger partial charge in [-0.05, 0) is 77.6 Å². The molecule has 2 aromatic carbocycles. The Kier molecular flexibility index (Phi) is 4.84. The van der Waals surface area contributed by atoms with Crippen LogP contribution in [0.3, 0.4) is 0 Å². The molecule has 132 valence electrons. The van der Waals surface area contributed by atoms with Gasteiger partial charge in [-0.1, -0.05) is 18.2 Å². The number of hydrogen-bond donors (Lipinski definition) is 0. The highest BCUT2D eigenvalue weighted by Crippen LogP contribution is 2.34. The summed E-state index contributed by atoms with van der Waals surface area (Å²) in [5.41, 5.74) is 3.83. The molecule has 0 aliphatic carbocycles. The molecule has 1 fully saturated rings. The van der Waals surface area contributed by atoms with Gasteiger partial charge in [0.15, 0.2) is 0 Å². The quantitative estimate of drug-likeness (QED) is 0.550. The Labute approximate surface area is 162 Å². The van der Waals surface area contributed by atoms with E-state index in [0.29, 0.717) is 11.6 Å². The smallest absolute Gasteiger partial charge is 0.135 e. The van der Waals surface area contributed by atoms with Crippen LogP contribution in [0.2, 0.25) is 0 Å². The van der Waals surface area contributed by atoms with Crippen molar-refractivity contribution in [2.45, 2.75) is 32.2 Å². The Morgan fingerprint density at radius 3 is 2.65 bits per heavy atom. The van der Waals surface area contributed by atoms with Crippen LogP contribution in [0.25, 0.3) is 22.1 Å². The fraction of sp³-hybridized carbons (Fsp3) is 0.318. The summed E-state index contributed by atoms with van der Waals surface area (Å²) in [5.74, 6) is 1.02. The molecule has 3 aromatic rings. The molecule has 0 amide bonds. The van der Waals surface area contributed by atoms with E-state index in [0.717, 1.165) is 45.3 Å². The van der Waals surface area contributed by atoms with Crippen LogP contribution in [0.4, 0.5) is 0 Å². The maximum atomic E-state index is 8.95. The van der Waals surface area contributed by atoms with E-state index in [9.17, 15) is 0 Å². The van der Waals surface area contributed by atoms with E-state index in [1.54, 1.807) is 0 Å². The standard InChI is InChI=1S/C22H21BrN2O/c1-15-3-2-11-25(15)12-10-21-22(23)19-13-18(8-9-20(19)26-21)17-6-4-16(14-24)5-7-17/h4-9,13,15H,2-3,10-12H2,1H3. The van der Waals surface area contributed by atoms with Gasteiger partial charge in [-0.25, -0.2) is 0 Å². The molecule has 2 heterocycles. The van der Waals surface area contributed by atoms with Crippen LogP contribution in [0.15, 0.2) is 51.4 Å². The molecule has 3 nitrogen and oxygen atoms in total. The van der Waals surface area contributed by atoms with Crippen molar-refractivity contribution in [1.82, 2.24) is 4.90 Å². The third-order valence-corrected chi connectivity index (χ3v) is 6.23. The molecule has 0 N–H and O–H groups in total. The second-order valence-electron chi connectivity index (χ2n) is 7.02. The van der Waals surface area contributed by atoms with Crippen LogP contribution in [0.5, 0.6) is 0 Å². The van der Waals surface area contributed by atoms with Crippen LogP contribution in [0, 0.1) is 11.3 Å². The molecule has 0 radical (unpaired) electrons. The predicted octanol–water partition coefficient (Wildman–Crippen LogP) is 5.76. The molecule has 4 rings (SSSR count). The van der Waals surface area contributed by atoms with Gasteiger partial charge in [-0.2, -0.15) is 5.26 Å². The van der Waals surface area contributed by atoms with E-state index in [1.807, 2.05) is 30.3 Å². The van der Waals surface area contributed by atoms with Gasteiger partial charge in [0.25, 0.3) is 0 Å². The minimum Gasteiger partial charge on any atom is -0.460 e. The van der Waals surface area contributed by atoms with Gasteiger partial charge in [0.05, 0.1) is 16.1 Å². The maximum Gasteiger partial charge on any atom is 0.135 e. The number of nitriles is 1. The Balaban J connectivity index is 1.59. The summed E-state index contributed by atoms with van der Waals surface area (Å²) in [7, 11) is 0. The molecule has 1 atom stereocenters. The normalized spacial score (nSPS) is 17.7. The Hall–Kier alpha value is -2.09.